The maximum absolute atomic E-state index is 13.9. The molecule has 5 rings (SSSR count). The van der Waals surface area contributed by atoms with Crippen molar-refractivity contribution >= 4 is 58.3 Å². The molecule has 14 heteroatoms. The monoisotopic (exact) mass is 642 g/mol. The molecule has 1 unspecified atom stereocenters. The first-order valence-electron chi connectivity index (χ1n) is 14.2. The normalized spacial score (nSPS) is 14.8. The van der Waals surface area contributed by atoms with Gasteiger partial charge in [0.05, 0.1) is 31.4 Å². The first-order valence-corrected chi connectivity index (χ1v) is 14.6. The van der Waals surface area contributed by atoms with Crippen molar-refractivity contribution in [3.05, 3.63) is 95.7 Å². The third-order valence-electron chi connectivity index (χ3n) is 7.12. The molecule has 1 aliphatic heterocycles. The number of nitrogens with zero attached hydrogens (tertiary/aromatic N) is 5. The Morgan fingerprint density at radius 2 is 1.76 bits per heavy atom. The molecule has 1 atom stereocenters. The molecule has 1 saturated heterocycles. The maximum Gasteiger partial charge on any atom is 0.337 e. The van der Waals surface area contributed by atoms with E-state index in [1.54, 1.807) is 78.7 Å². The highest BCUT2D eigenvalue weighted by molar-refractivity contribution is 7.80. The van der Waals surface area contributed by atoms with Crippen LogP contribution >= 0.6 is 12.2 Å². The highest BCUT2D eigenvalue weighted by Crippen LogP contribution is 2.31. The lowest BCUT2D eigenvalue weighted by molar-refractivity contribution is -0.746. The van der Waals surface area contributed by atoms with Gasteiger partial charge in [0.15, 0.2) is 12.2 Å². The van der Waals surface area contributed by atoms with Crippen molar-refractivity contribution in [2.75, 3.05) is 23.9 Å². The Hall–Kier alpha value is -5.63. The molecule has 1 N–H and O–H groups in total. The van der Waals surface area contributed by atoms with Crippen molar-refractivity contribution in [2.24, 2.45) is 12.0 Å². The Morgan fingerprint density at radius 1 is 1.07 bits per heavy atom. The van der Waals surface area contributed by atoms with Crippen LogP contribution in [0.5, 0.6) is 5.75 Å². The number of esters is 1. The Labute approximate surface area is 269 Å². The number of anilines is 2. The number of nitrogens with one attached hydrogen (secondary N) is 1. The molecule has 0 radical (unpaired) electrons. The van der Waals surface area contributed by atoms with Gasteiger partial charge in [-0.3, -0.25) is 19.0 Å². The van der Waals surface area contributed by atoms with Crippen LogP contribution in [0.2, 0.25) is 0 Å². The van der Waals surface area contributed by atoms with Crippen LogP contribution in [0.4, 0.5) is 17.3 Å². The summed E-state index contributed by atoms with van der Waals surface area (Å²) in [6.45, 7) is 2.30. The summed E-state index contributed by atoms with van der Waals surface area (Å²) in [5, 5.41) is 19.7. The summed E-state index contributed by atoms with van der Waals surface area (Å²) in [7, 11) is 2.89. The molecule has 2 heterocycles. The van der Waals surface area contributed by atoms with Crippen LogP contribution in [-0.2, 0) is 27.9 Å². The average molecular weight is 643 g/mol. The van der Waals surface area contributed by atoms with Gasteiger partial charge >= 0.3 is 11.9 Å². The van der Waals surface area contributed by atoms with Crippen molar-refractivity contribution in [3.63, 3.8) is 0 Å². The molecule has 46 heavy (non-hydrogen) atoms. The van der Waals surface area contributed by atoms with E-state index >= 15 is 0 Å². The lowest BCUT2D eigenvalue weighted by Gasteiger charge is -2.22. The molecule has 0 bridgehead atoms. The van der Waals surface area contributed by atoms with Crippen molar-refractivity contribution < 1.29 is 38.2 Å². The molecule has 1 aliphatic rings. The van der Waals surface area contributed by atoms with Gasteiger partial charge in [0.2, 0.25) is 11.2 Å². The Morgan fingerprint density at radius 3 is 2.41 bits per heavy atom. The standard InChI is InChI=1S/C32H30N6O7S/c1-4-44-24-16-14-23(15-17-24)38-30(41)25(18-27(39)33-22-12-10-21(11-13-22)31(42)43-3)37(32(38)46)19-26-29(45-35-36(26)2)34-28(40)20-8-6-5-7-9-20/h5-17,25H,4,18-19H2,1-3H3,(H-,33,34,35,39,40,42). The second-order valence-corrected chi connectivity index (χ2v) is 10.4. The summed E-state index contributed by atoms with van der Waals surface area (Å²) in [4.78, 5) is 46.1. The van der Waals surface area contributed by atoms with Gasteiger partial charge in [0.1, 0.15) is 18.3 Å². The topological polar surface area (TPSA) is 154 Å². The Bertz CT molecular complexity index is 1770. The lowest BCUT2D eigenvalue weighted by atomic mass is 10.1. The minimum atomic E-state index is -1.03. The van der Waals surface area contributed by atoms with Gasteiger partial charge in [-0.1, -0.05) is 30.3 Å². The number of carbonyl (C=O) groups is 3. The molecule has 1 aromatic heterocycles. The molecule has 4 aromatic rings. The van der Waals surface area contributed by atoms with E-state index in [-0.39, 0.29) is 24.0 Å². The highest BCUT2D eigenvalue weighted by atomic mass is 32.1. The fourth-order valence-electron chi connectivity index (χ4n) is 4.80. The van der Waals surface area contributed by atoms with E-state index in [2.05, 4.69) is 15.6 Å². The number of hydrogen-bond donors (Lipinski definition) is 1. The second-order valence-electron chi connectivity index (χ2n) is 10.1. The number of rotatable bonds is 11. The second kappa shape index (κ2) is 14.0. The zero-order chi connectivity index (χ0) is 32.8. The van der Waals surface area contributed by atoms with Gasteiger partial charge in [-0.2, -0.15) is 0 Å². The van der Waals surface area contributed by atoms with E-state index < -0.39 is 29.7 Å². The first kappa shape index (κ1) is 31.8. The van der Waals surface area contributed by atoms with Crippen LogP contribution in [0.15, 0.2) is 88.4 Å². The summed E-state index contributed by atoms with van der Waals surface area (Å²) in [6, 6.07) is 20.5. The third-order valence-corrected chi connectivity index (χ3v) is 7.54. The summed E-state index contributed by atoms with van der Waals surface area (Å²) >= 11 is 5.81. The number of hydrogen-bond acceptors (Lipinski definition) is 10. The van der Waals surface area contributed by atoms with Crippen LogP contribution in [0.1, 0.15) is 35.0 Å². The molecular formula is C32H30N6O7S. The number of aromatic nitrogens is 2. The van der Waals surface area contributed by atoms with Gasteiger partial charge in [0.25, 0.3) is 11.6 Å². The number of methoxy groups -OCH3 is 1. The molecule has 0 spiro atoms. The number of aliphatic imine (C=N–C) groups is 1. The molecule has 0 saturated carbocycles. The van der Waals surface area contributed by atoms with Crippen molar-refractivity contribution in [1.29, 1.82) is 0 Å². The van der Waals surface area contributed by atoms with Gasteiger partial charge < -0.3 is 24.8 Å². The van der Waals surface area contributed by atoms with E-state index in [4.69, 9.17) is 26.2 Å². The van der Waals surface area contributed by atoms with E-state index in [9.17, 15) is 19.5 Å². The largest absolute Gasteiger partial charge is 0.858 e. The van der Waals surface area contributed by atoms with Crippen LogP contribution in [0, 0.1) is 0 Å². The summed E-state index contributed by atoms with van der Waals surface area (Å²) in [6.07, 6.45) is -0.268. The average Bonchev–Trinajstić information content (AvgIpc) is 3.52. The predicted molar refractivity (Wildman–Crippen MR) is 168 cm³/mol. The minimum Gasteiger partial charge on any atom is -0.858 e. The number of thiocarbonyl (C=S) groups is 1. The molecule has 0 aliphatic carbocycles. The summed E-state index contributed by atoms with van der Waals surface area (Å²) in [5.74, 6) is -1.37. The van der Waals surface area contributed by atoms with E-state index in [1.807, 2.05) is 6.92 Å². The molecule has 3 aromatic carbocycles. The number of ether oxygens (including phenoxy) is 2. The number of aryl methyl sites for hydroxylation is 1. The van der Waals surface area contributed by atoms with Gasteiger partial charge in [0, 0.05) is 5.69 Å². The Balaban J connectivity index is 1.44. The molecule has 236 valence electrons. The quantitative estimate of drug-likeness (QED) is 0.0849. The van der Waals surface area contributed by atoms with E-state index in [0.29, 0.717) is 40.6 Å². The fraction of sp³-hybridized carbons (Fsp3) is 0.219. The molecule has 1 fully saturated rings. The zero-order valence-electron chi connectivity index (χ0n) is 25.2. The summed E-state index contributed by atoms with van der Waals surface area (Å²) in [5.41, 5.74) is 1.95. The smallest absolute Gasteiger partial charge is 0.337 e. The van der Waals surface area contributed by atoms with Gasteiger partial charge in [-0.15, -0.1) is 0 Å². The highest BCUT2D eigenvalue weighted by Gasteiger charge is 2.46. The van der Waals surface area contributed by atoms with E-state index in [1.165, 1.54) is 28.8 Å². The van der Waals surface area contributed by atoms with Crippen LogP contribution in [0.25, 0.3) is 0 Å². The van der Waals surface area contributed by atoms with Crippen LogP contribution < -0.4 is 24.7 Å². The zero-order valence-corrected chi connectivity index (χ0v) is 26.0. The molecule has 13 nitrogen and oxygen atoms in total. The van der Waals surface area contributed by atoms with Gasteiger partial charge in [-0.05, 0) is 83.8 Å². The number of amides is 2. The van der Waals surface area contributed by atoms with Crippen LogP contribution in [0.3, 0.4) is 0 Å². The van der Waals surface area contributed by atoms with Gasteiger partial charge in [-0.25, -0.2) is 9.79 Å². The molecule has 2 amide bonds. The predicted octanol–water partition coefficient (Wildman–Crippen LogP) is 2.65. The summed E-state index contributed by atoms with van der Waals surface area (Å²) < 4.78 is 17.0. The fourth-order valence-corrected chi connectivity index (χ4v) is 5.19. The van der Waals surface area contributed by atoms with E-state index in [0.717, 1.165) is 0 Å². The van der Waals surface area contributed by atoms with Crippen molar-refractivity contribution in [1.82, 2.24) is 10.2 Å². The number of benzene rings is 3. The lowest BCUT2D eigenvalue weighted by Crippen LogP contribution is -2.42. The van der Waals surface area contributed by atoms with Crippen molar-refractivity contribution in [2.45, 2.75) is 25.9 Å². The van der Waals surface area contributed by atoms with Crippen LogP contribution in [-0.4, -0.2) is 58.7 Å². The first-order chi connectivity index (χ1) is 22.2. The SMILES string of the molecule is CCOc1ccc(N2C(=O)C(CC(=O)Nc3ccc(C(=O)OC)cc3)N(Cc3c(/N=C(\[O-])c4ccccc4)on[n+]3C)C2=S)cc1. The van der Waals surface area contributed by atoms with Crippen molar-refractivity contribution in [3.8, 4) is 5.75 Å². The molecular weight excluding hydrogens is 612 g/mol. The Kier molecular flexibility index (Phi) is 9.67. The third kappa shape index (κ3) is 6.86. The minimum absolute atomic E-state index is 0.0508. The maximum atomic E-state index is 13.9. The number of carbonyl (C=O) groups excluding carboxylic acids is 3.